The summed E-state index contributed by atoms with van der Waals surface area (Å²) in [5.41, 5.74) is 0.282. The molecule has 3 heterocycles. The van der Waals surface area contributed by atoms with Gasteiger partial charge in [0, 0.05) is 15.5 Å². The lowest BCUT2D eigenvalue weighted by Gasteiger charge is -2.48. The van der Waals surface area contributed by atoms with E-state index in [1.807, 2.05) is 0 Å². The number of carbonyl (C=O) groups excluding carboxylic acids is 2. The number of rotatable bonds is 2. The molecule has 8 heteroatoms. The quantitative estimate of drug-likeness (QED) is 0.716. The standard InChI is InChI=1S/C22H21FN2O3S2/c1-3-22(2)15-11-8-12(16(15)29-18-17(22)30-21(28)24-18)14-13(11)19(26)25(20(14)27)10-6-4-9(23)5-7-10/h4-7,11-16H,3,8H2,1-2H3,(H,24,28)/t11-,12+,13-,14-,15-,16+,22-/m0/s1. The van der Waals surface area contributed by atoms with Crippen molar-refractivity contribution in [3.63, 3.8) is 0 Å². The third-order valence-corrected chi connectivity index (χ3v) is 10.8. The van der Waals surface area contributed by atoms with Gasteiger partial charge in [-0.25, -0.2) is 4.39 Å². The van der Waals surface area contributed by atoms with Crippen molar-refractivity contribution >= 4 is 40.6 Å². The van der Waals surface area contributed by atoms with Gasteiger partial charge in [0.2, 0.25) is 11.8 Å². The van der Waals surface area contributed by atoms with Crippen LogP contribution in [0.2, 0.25) is 0 Å². The van der Waals surface area contributed by atoms with E-state index in [9.17, 15) is 18.8 Å². The van der Waals surface area contributed by atoms with Crippen LogP contribution in [-0.4, -0.2) is 22.0 Å². The number of fused-ring (bicyclic) bond motifs is 9. The second kappa shape index (κ2) is 6.07. The lowest BCUT2D eigenvalue weighted by Crippen LogP contribution is -2.49. The Hall–Kier alpha value is -1.93. The number of hydrogen-bond acceptors (Lipinski definition) is 5. The normalized spacial score (nSPS) is 38.7. The van der Waals surface area contributed by atoms with Gasteiger partial charge in [-0.15, -0.1) is 11.8 Å². The van der Waals surface area contributed by atoms with Crippen LogP contribution in [0, 0.1) is 35.4 Å². The van der Waals surface area contributed by atoms with Crippen LogP contribution in [0.1, 0.15) is 31.6 Å². The molecule has 0 unspecified atom stereocenters. The minimum atomic E-state index is -0.389. The van der Waals surface area contributed by atoms with Crippen LogP contribution >= 0.6 is 23.1 Å². The highest BCUT2D eigenvalue weighted by molar-refractivity contribution is 8.00. The summed E-state index contributed by atoms with van der Waals surface area (Å²) < 4.78 is 13.4. The van der Waals surface area contributed by atoms with E-state index in [4.69, 9.17) is 0 Å². The lowest BCUT2D eigenvalue weighted by atomic mass is 9.62. The van der Waals surface area contributed by atoms with Gasteiger partial charge in [0.1, 0.15) is 5.82 Å². The van der Waals surface area contributed by atoms with Crippen LogP contribution in [0.5, 0.6) is 0 Å². The molecule has 2 saturated carbocycles. The summed E-state index contributed by atoms with van der Waals surface area (Å²) in [5.74, 6) is -0.770. The molecule has 3 fully saturated rings. The number of aromatic amines is 1. The number of thiazole rings is 1. The molecular weight excluding hydrogens is 423 g/mol. The van der Waals surface area contributed by atoms with Crippen LogP contribution in [0.3, 0.4) is 0 Å². The molecule has 2 aliphatic heterocycles. The fraction of sp³-hybridized carbons (Fsp3) is 0.500. The Labute approximate surface area is 181 Å². The molecule has 2 bridgehead atoms. The summed E-state index contributed by atoms with van der Waals surface area (Å²) in [5, 5.41) is 1.18. The maximum atomic E-state index is 13.4. The first-order valence-corrected chi connectivity index (χ1v) is 12.1. The van der Waals surface area contributed by atoms with Gasteiger partial charge < -0.3 is 4.98 Å². The molecular formula is C22H21FN2O3S2. The first-order valence-electron chi connectivity index (χ1n) is 10.4. The Morgan fingerprint density at radius 3 is 2.47 bits per heavy atom. The molecule has 30 heavy (non-hydrogen) atoms. The minimum Gasteiger partial charge on any atom is -0.307 e. The molecule has 1 saturated heterocycles. The smallest absolute Gasteiger partial charge is 0.305 e. The summed E-state index contributed by atoms with van der Waals surface area (Å²) in [6.07, 6.45) is 1.78. The average molecular weight is 445 g/mol. The van der Waals surface area contributed by atoms with Crippen molar-refractivity contribution in [2.45, 2.75) is 42.4 Å². The minimum absolute atomic E-state index is 0.0330. The summed E-state index contributed by atoms with van der Waals surface area (Å²) >= 11 is 3.00. The SMILES string of the molecule is CC[C@]1(C)c2sc(=O)[nH]c2S[C@@H]2[C@@H]3C[C@@H]([C@@H]4C(=O)N(c5ccc(F)cc5)C(=O)[C@@H]34)[C@@H]21. The zero-order chi connectivity index (χ0) is 20.9. The van der Waals surface area contributed by atoms with Gasteiger partial charge in [0.15, 0.2) is 0 Å². The molecule has 6 rings (SSSR count). The van der Waals surface area contributed by atoms with Gasteiger partial charge in [-0.2, -0.15) is 0 Å². The number of carbonyl (C=O) groups is 2. The van der Waals surface area contributed by atoms with Crippen molar-refractivity contribution < 1.29 is 14.0 Å². The number of H-pyrrole nitrogens is 1. The van der Waals surface area contributed by atoms with Crippen molar-refractivity contribution in [2.75, 3.05) is 4.90 Å². The zero-order valence-corrected chi connectivity index (χ0v) is 18.2. The molecule has 1 aromatic carbocycles. The maximum Gasteiger partial charge on any atom is 0.305 e. The van der Waals surface area contributed by atoms with Gasteiger partial charge in [-0.1, -0.05) is 25.2 Å². The van der Waals surface area contributed by atoms with Gasteiger partial charge in [-0.3, -0.25) is 19.3 Å². The molecule has 5 nitrogen and oxygen atoms in total. The number of nitrogens with zero attached hydrogens (tertiary/aromatic N) is 1. The molecule has 2 aliphatic carbocycles. The van der Waals surface area contributed by atoms with E-state index in [1.54, 1.807) is 11.8 Å². The highest BCUT2D eigenvalue weighted by Crippen LogP contribution is 2.69. The molecule has 0 spiro atoms. The first kappa shape index (κ1) is 18.8. The maximum absolute atomic E-state index is 13.4. The monoisotopic (exact) mass is 444 g/mol. The van der Waals surface area contributed by atoms with Crippen molar-refractivity contribution in [1.29, 1.82) is 0 Å². The first-order chi connectivity index (χ1) is 14.3. The zero-order valence-electron chi connectivity index (χ0n) is 16.6. The summed E-state index contributed by atoms with van der Waals surface area (Å²) in [6, 6.07) is 5.59. The molecule has 2 aromatic rings. The van der Waals surface area contributed by atoms with Crippen LogP contribution in [0.15, 0.2) is 34.1 Å². The number of anilines is 1. The molecule has 1 N–H and O–H groups in total. The van der Waals surface area contributed by atoms with Crippen molar-refractivity contribution in [3.8, 4) is 0 Å². The van der Waals surface area contributed by atoms with Crippen LogP contribution < -0.4 is 9.77 Å². The molecule has 1 aromatic heterocycles. The number of halogens is 1. The van der Waals surface area contributed by atoms with Gasteiger partial charge >= 0.3 is 4.87 Å². The number of amides is 2. The Kier molecular flexibility index (Phi) is 3.80. The predicted molar refractivity (Wildman–Crippen MR) is 113 cm³/mol. The van der Waals surface area contributed by atoms with Gasteiger partial charge in [-0.05, 0) is 54.9 Å². The second-order valence-corrected chi connectivity index (χ2v) is 11.3. The lowest BCUT2D eigenvalue weighted by molar-refractivity contribution is -0.123. The van der Waals surface area contributed by atoms with E-state index < -0.39 is 0 Å². The highest BCUT2D eigenvalue weighted by atomic mass is 32.2. The van der Waals surface area contributed by atoms with Crippen molar-refractivity contribution in [3.05, 3.63) is 44.6 Å². The van der Waals surface area contributed by atoms with E-state index >= 15 is 0 Å². The summed E-state index contributed by atoms with van der Waals surface area (Å²) in [6.45, 7) is 4.37. The van der Waals surface area contributed by atoms with E-state index in [1.165, 1.54) is 40.5 Å². The van der Waals surface area contributed by atoms with Crippen molar-refractivity contribution in [2.24, 2.45) is 29.6 Å². The fourth-order valence-electron chi connectivity index (χ4n) is 6.74. The summed E-state index contributed by atoms with van der Waals surface area (Å²) in [4.78, 5) is 44.3. The number of nitrogens with one attached hydrogen (secondary N) is 1. The predicted octanol–water partition coefficient (Wildman–Crippen LogP) is 3.79. The molecule has 2 amide bonds. The third-order valence-electron chi connectivity index (χ3n) is 8.05. The Balaban J connectivity index is 1.43. The van der Waals surface area contributed by atoms with E-state index in [0.717, 1.165) is 22.7 Å². The highest BCUT2D eigenvalue weighted by Gasteiger charge is 2.71. The van der Waals surface area contributed by atoms with Crippen LogP contribution in [-0.2, 0) is 15.0 Å². The van der Waals surface area contributed by atoms with Crippen LogP contribution in [0.4, 0.5) is 10.1 Å². The van der Waals surface area contributed by atoms with Gasteiger partial charge in [0.05, 0.1) is 22.5 Å². The fourth-order valence-corrected chi connectivity index (χ4v) is 9.93. The largest absolute Gasteiger partial charge is 0.307 e. The summed E-state index contributed by atoms with van der Waals surface area (Å²) in [7, 11) is 0. The molecule has 156 valence electrons. The van der Waals surface area contributed by atoms with Gasteiger partial charge in [0.25, 0.3) is 0 Å². The number of aromatic nitrogens is 1. The topological polar surface area (TPSA) is 70.2 Å². The molecule has 7 atom stereocenters. The Morgan fingerprint density at radius 2 is 1.80 bits per heavy atom. The van der Waals surface area contributed by atoms with E-state index in [0.29, 0.717) is 5.69 Å². The number of imide groups is 1. The number of benzene rings is 1. The van der Waals surface area contributed by atoms with Crippen LogP contribution in [0.25, 0.3) is 0 Å². The Morgan fingerprint density at radius 1 is 1.13 bits per heavy atom. The number of thioether (sulfide) groups is 1. The van der Waals surface area contributed by atoms with E-state index in [2.05, 4.69) is 18.8 Å². The van der Waals surface area contributed by atoms with Crippen molar-refractivity contribution in [1.82, 2.24) is 4.98 Å². The number of hydrogen-bond donors (Lipinski definition) is 1. The average Bonchev–Trinajstić information content (AvgIpc) is 3.44. The Bertz CT molecular complexity index is 1140. The second-order valence-electron chi connectivity index (χ2n) is 9.16. The molecule has 0 radical (unpaired) electrons. The molecule has 4 aliphatic rings. The third kappa shape index (κ3) is 2.16. The van der Waals surface area contributed by atoms with E-state index in [-0.39, 0.29) is 62.8 Å².